The Morgan fingerprint density at radius 3 is 2.24 bits per heavy atom. The van der Waals surface area contributed by atoms with Crippen LogP contribution in [0.25, 0.3) is 0 Å². The molecular formula is C15H15BrO. The first kappa shape index (κ1) is 7.34. The van der Waals surface area contributed by atoms with Crippen LogP contribution in [0.5, 0.6) is 0 Å². The molecule has 2 heteroatoms. The molecule has 0 heterocycles. The van der Waals surface area contributed by atoms with E-state index < -0.39 is 18.1 Å². The Morgan fingerprint density at radius 1 is 1.06 bits per heavy atom. The SMILES string of the molecule is [2H]c1c([2H])c([2H])c(C(C)C(O)c2ccc(Br)cc2)c([2H])c1[2H]. The average Bonchev–Trinajstić information content (AvgIpc) is 2.51. The number of rotatable bonds is 3. The normalized spacial score (nSPS) is 18.4. The van der Waals surface area contributed by atoms with Gasteiger partial charge in [-0.2, -0.15) is 0 Å². The highest BCUT2D eigenvalue weighted by atomic mass is 79.9. The van der Waals surface area contributed by atoms with E-state index in [1.54, 1.807) is 31.2 Å². The first-order valence-electron chi connectivity index (χ1n) is 7.76. The van der Waals surface area contributed by atoms with Crippen LogP contribution in [0, 0.1) is 0 Å². The van der Waals surface area contributed by atoms with Gasteiger partial charge >= 0.3 is 0 Å². The third-order valence-corrected chi connectivity index (χ3v) is 3.19. The lowest BCUT2D eigenvalue weighted by Gasteiger charge is -2.19. The molecule has 0 aliphatic carbocycles. The number of hydrogen-bond donors (Lipinski definition) is 1. The van der Waals surface area contributed by atoms with Gasteiger partial charge in [-0.3, -0.25) is 0 Å². The monoisotopic (exact) mass is 295 g/mol. The Hall–Kier alpha value is -1.12. The van der Waals surface area contributed by atoms with Crippen LogP contribution in [0.1, 0.15) is 36.9 Å². The molecule has 1 N–H and O–H groups in total. The van der Waals surface area contributed by atoms with Gasteiger partial charge < -0.3 is 5.11 Å². The second kappa shape index (κ2) is 5.48. The Morgan fingerprint density at radius 2 is 1.65 bits per heavy atom. The molecule has 2 aromatic rings. The highest BCUT2D eigenvalue weighted by Crippen LogP contribution is 2.30. The summed E-state index contributed by atoms with van der Waals surface area (Å²) in [6, 6.07) is 5.31. The van der Waals surface area contributed by atoms with Crippen molar-refractivity contribution < 1.29 is 12.0 Å². The van der Waals surface area contributed by atoms with Gasteiger partial charge in [0.2, 0.25) is 0 Å². The maximum absolute atomic E-state index is 10.5. The van der Waals surface area contributed by atoms with Crippen molar-refractivity contribution in [2.45, 2.75) is 18.9 Å². The Bertz CT molecular complexity index is 673. The molecule has 0 spiro atoms. The molecule has 88 valence electrons. The first-order chi connectivity index (χ1) is 10.3. The molecule has 2 unspecified atom stereocenters. The van der Waals surface area contributed by atoms with Gasteiger partial charge in [0, 0.05) is 10.4 Å². The molecule has 1 nitrogen and oxygen atoms in total. The van der Waals surface area contributed by atoms with Gasteiger partial charge in [-0.05, 0) is 23.3 Å². The van der Waals surface area contributed by atoms with Crippen LogP contribution in [0.2, 0.25) is 0 Å². The Balaban J connectivity index is 2.49. The lowest BCUT2D eigenvalue weighted by atomic mass is 9.91. The van der Waals surface area contributed by atoms with Crippen LogP contribution in [0.3, 0.4) is 0 Å². The summed E-state index contributed by atoms with van der Waals surface area (Å²) in [4.78, 5) is 0. The van der Waals surface area contributed by atoms with E-state index in [-0.39, 0.29) is 29.7 Å². The van der Waals surface area contributed by atoms with Gasteiger partial charge in [0.15, 0.2) is 0 Å². The summed E-state index contributed by atoms with van der Waals surface area (Å²) in [5, 5.41) is 10.5. The molecule has 0 aromatic heterocycles. The molecule has 17 heavy (non-hydrogen) atoms. The van der Waals surface area contributed by atoms with Crippen molar-refractivity contribution in [3.63, 3.8) is 0 Å². The van der Waals surface area contributed by atoms with E-state index >= 15 is 0 Å². The molecule has 0 aliphatic heterocycles. The topological polar surface area (TPSA) is 20.2 Å². The smallest absolute Gasteiger partial charge is 0.0855 e. The fourth-order valence-electron chi connectivity index (χ4n) is 1.59. The largest absolute Gasteiger partial charge is 0.388 e. The zero-order valence-electron chi connectivity index (χ0n) is 14.3. The van der Waals surface area contributed by atoms with E-state index in [9.17, 15) is 5.11 Å². The summed E-state index contributed by atoms with van der Waals surface area (Å²) in [6.45, 7) is 1.65. The van der Waals surface area contributed by atoms with E-state index in [1.807, 2.05) is 0 Å². The van der Waals surface area contributed by atoms with Crippen LogP contribution in [-0.2, 0) is 0 Å². The van der Waals surface area contributed by atoms with Crippen LogP contribution in [0.15, 0.2) is 59.0 Å². The van der Waals surface area contributed by atoms with Crippen molar-refractivity contribution in [2.75, 3.05) is 0 Å². The standard InChI is InChI=1S/C15H15BrO/c1-11(12-5-3-2-4-6-12)15(17)13-7-9-14(16)10-8-13/h2-11,15,17H,1H3/i2D,3D,4D,5D,6D. The summed E-state index contributed by atoms with van der Waals surface area (Å²) >= 11 is 3.31. The maximum atomic E-state index is 10.5. The number of aliphatic hydroxyl groups is 1. The summed E-state index contributed by atoms with van der Waals surface area (Å²) in [5.74, 6) is -0.630. The molecule has 0 aliphatic rings. The Kier molecular flexibility index (Phi) is 2.37. The van der Waals surface area contributed by atoms with Crippen LogP contribution >= 0.6 is 15.9 Å². The molecule has 0 radical (unpaired) electrons. The van der Waals surface area contributed by atoms with Gasteiger partial charge in [0.05, 0.1) is 13.0 Å². The third-order valence-electron chi connectivity index (χ3n) is 2.66. The second-order valence-corrected chi connectivity index (χ2v) is 4.74. The summed E-state index contributed by atoms with van der Waals surface area (Å²) < 4.78 is 39.8. The predicted molar refractivity (Wildman–Crippen MR) is 74.0 cm³/mol. The van der Waals surface area contributed by atoms with E-state index in [0.717, 1.165) is 4.47 Å². The zero-order chi connectivity index (χ0) is 16.6. The summed E-state index contributed by atoms with van der Waals surface area (Å²) in [5.41, 5.74) is 0.754. The van der Waals surface area contributed by atoms with Crippen LogP contribution < -0.4 is 0 Å². The van der Waals surface area contributed by atoms with Crippen molar-refractivity contribution in [3.8, 4) is 0 Å². The van der Waals surface area contributed by atoms with E-state index in [0.29, 0.717) is 5.56 Å². The number of aliphatic hydroxyl groups excluding tert-OH is 1. The van der Waals surface area contributed by atoms with Crippen molar-refractivity contribution in [1.29, 1.82) is 0 Å². The second-order valence-electron chi connectivity index (χ2n) is 3.82. The number of halogens is 1. The molecule has 2 rings (SSSR count). The quantitative estimate of drug-likeness (QED) is 0.896. The Labute approximate surface area is 117 Å². The fraction of sp³-hybridized carbons (Fsp3) is 0.200. The van der Waals surface area contributed by atoms with Gasteiger partial charge in [-0.1, -0.05) is 65.2 Å². The zero-order valence-corrected chi connectivity index (χ0v) is 10.9. The summed E-state index contributed by atoms with van der Waals surface area (Å²) in [7, 11) is 0. The van der Waals surface area contributed by atoms with Crippen molar-refractivity contribution >= 4 is 15.9 Å². The molecule has 0 fully saturated rings. The molecule has 0 bridgehead atoms. The van der Waals surface area contributed by atoms with Crippen molar-refractivity contribution in [3.05, 3.63) is 70.1 Å². The molecule has 2 atom stereocenters. The van der Waals surface area contributed by atoms with Gasteiger partial charge in [0.25, 0.3) is 0 Å². The molecule has 0 amide bonds. The first-order valence-corrected chi connectivity index (χ1v) is 6.05. The lowest BCUT2D eigenvalue weighted by Crippen LogP contribution is -2.07. The lowest BCUT2D eigenvalue weighted by molar-refractivity contribution is 0.151. The van der Waals surface area contributed by atoms with E-state index in [1.165, 1.54) is 0 Å². The van der Waals surface area contributed by atoms with E-state index in [4.69, 9.17) is 6.85 Å². The number of hydrogen-bond acceptors (Lipinski definition) is 1. The minimum Gasteiger partial charge on any atom is -0.388 e. The average molecular weight is 296 g/mol. The molecule has 0 saturated heterocycles. The van der Waals surface area contributed by atoms with Crippen molar-refractivity contribution in [2.24, 2.45) is 0 Å². The van der Waals surface area contributed by atoms with Gasteiger partial charge in [-0.15, -0.1) is 0 Å². The van der Waals surface area contributed by atoms with Gasteiger partial charge in [0.1, 0.15) is 0 Å². The van der Waals surface area contributed by atoms with Crippen molar-refractivity contribution in [1.82, 2.24) is 0 Å². The molecule has 2 aromatic carbocycles. The minimum atomic E-state index is -0.961. The summed E-state index contributed by atoms with van der Waals surface area (Å²) in [6.07, 6.45) is -0.961. The fourth-order valence-corrected chi connectivity index (χ4v) is 1.86. The maximum Gasteiger partial charge on any atom is 0.0855 e. The number of benzene rings is 2. The van der Waals surface area contributed by atoms with Crippen LogP contribution in [0.4, 0.5) is 0 Å². The van der Waals surface area contributed by atoms with E-state index in [2.05, 4.69) is 15.9 Å². The highest BCUT2D eigenvalue weighted by molar-refractivity contribution is 9.10. The highest BCUT2D eigenvalue weighted by Gasteiger charge is 2.17. The predicted octanol–water partition coefficient (Wildman–Crippen LogP) is 4.29. The minimum absolute atomic E-state index is 0.126. The van der Waals surface area contributed by atoms with Crippen LogP contribution in [-0.4, -0.2) is 5.11 Å². The molecule has 0 saturated carbocycles. The van der Waals surface area contributed by atoms with Gasteiger partial charge in [-0.25, -0.2) is 0 Å². The third kappa shape index (κ3) is 2.96. The molecular weight excluding hydrogens is 276 g/mol.